The van der Waals surface area contributed by atoms with E-state index >= 15 is 0 Å². The molecule has 2 N–H and O–H groups in total. The smallest absolute Gasteiger partial charge is 0.223 e. The molecule has 2 unspecified atom stereocenters. The Morgan fingerprint density at radius 1 is 1.53 bits per heavy atom. The lowest BCUT2D eigenvalue weighted by atomic mass is 10.0. The van der Waals surface area contributed by atoms with E-state index in [2.05, 4.69) is 0 Å². The highest BCUT2D eigenvalue weighted by molar-refractivity contribution is 7.91. The largest absolute Gasteiger partial charge is 0.338 e. The Kier molecular flexibility index (Phi) is 4.94. The van der Waals surface area contributed by atoms with Gasteiger partial charge in [-0.2, -0.15) is 0 Å². The van der Waals surface area contributed by atoms with Gasteiger partial charge in [0.1, 0.15) is 0 Å². The van der Waals surface area contributed by atoms with Crippen LogP contribution in [0, 0.1) is 5.92 Å². The summed E-state index contributed by atoms with van der Waals surface area (Å²) in [7, 11) is -2.96. The van der Waals surface area contributed by atoms with Crippen molar-refractivity contribution in [3.8, 4) is 0 Å². The molecule has 0 bridgehead atoms. The normalized spacial score (nSPS) is 25.6. The summed E-state index contributed by atoms with van der Waals surface area (Å²) in [6.07, 6.45) is 1.31. The third-order valence-electron chi connectivity index (χ3n) is 3.36. The van der Waals surface area contributed by atoms with Crippen molar-refractivity contribution in [2.24, 2.45) is 11.7 Å². The van der Waals surface area contributed by atoms with Gasteiger partial charge in [-0.1, -0.05) is 13.3 Å². The highest BCUT2D eigenvalue weighted by Gasteiger charge is 2.31. The number of hydrogen-bond donors (Lipinski definition) is 1. The molecule has 0 saturated carbocycles. The first-order valence-corrected chi connectivity index (χ1v) is 7.91. The van der Waals surface area contributed by atoms with Gasteiger partial charge in [-0.15, -0.1) is 0 Å². The fraction of sp³-hybridized carbons (Fsp3) is 0.909. The van der Waals surface area contributed by atoms with E-state index in [0.717, 1.165) is 6.42 Å². The first-order chi connectivity index (χ1) is 7.89. The molecule has 1 saturated heterocycles. The first-order valence-electron chi connectivity index (χ1n) is 6.09. The van der Waals surface area contributed by atoms with Gasteiger partial charge >= 0.3 is 0 Å². The predicted octanol–water partition coefficient (Wildman–Crippen LogP) is 0.00690. The molecule has 0 radical (unpaired) electrons. The number of sulfone groups is 1. The number of carbonyl (C=O) groups is 1. The lowest BCUT2D eigenvalue weighted by Gasteiger charge is -2.34. The minimum atomic E-state index is -2.96. The zero-order valence-electron chi connectivity index (χ0n) is 10.6. The minimum Gasteiger partial charge on any atom is -0.338 e. The maximum Gasteiger partial charge on any atom is 0.223 e. The number of nitrogens with zero attached hydrogens (tertiary/aromatic N) is 1. The molecule has 1 fully saturated rings. The molecule has 1 aliphatic rings. The number of rotatable bonds is 4. The zero-order valence-corrected chi connectivity index (χ0v) is 11.4. The van der Waals surface area contributed by atoms with Crippen LogP contribution in [0.2, 0.25) is 0 Å². The summed E-state index contributed by atoms with van der Waals surface area (Å²) in [4.78, 5) is 13.7. The average Bonchev–Trinajstić information content (AvgIpc) is 2.24. The molecule has 1 heterocycles. The van der Waals surface area contributed by atoms with E-state index in [0.29, 0.717) is 19.5 Å². The third kappa shape index (κ3) is 3.96. The maximum atomic E-state index is 12.0. The standard InChI is InChI=1S/C11H22N2O3S/c1-3-10(7-12)6-11(14)13-4-5-17(15,16)8-9(13)2/h9-10H,3-8,12H2,1-2H3. The van der Waals surface area contributed by atoms with Crippen molar-refractivity contribution in [3.63, 3.8) is 0 Å². The molecule has 0 aromatic carbocycles. The van der Waals surface area contributed by atoms with Crippen LogP contribution in [0.25, 0.3) is 0 Å². The van der Waals surface area contributed by atoms with Gasteiger partial charge < -0.3 is 10.6 Å². The number of nitrogens with two attached hydrogens (primary N) is 1. The van der Waals surface area contributed by atoms with Crippen molar-refractivity contribution in [3.05, 3.63) is 0 Å². The number of amides is 1. The van der Waals surface area contributed by atoms with Gasteiger partial charge in [0.2, 0.25) is 5.91 Å². The SMILES string of the molecule is CCC(CN)CC(=O)N1CCS(=O)(=O)CC1C. The second-order valence-electron chi connectivity index (χ2n) is 4.76. The molecule has 1 amide bonds. The van der Waals surface area contributed by atoms with Crippen LogP contribution in [0.1, 0.15) is 26.7 Å². The summed E-state index contributed by atoms with van der Waals surface area (Å²) in [6, 6.07) is -0.212. The minimum absolute atomic E-state index is 0.0321. The average molecular weight is 262 g/mol. The predicted molar refractivity (Wildman–Crippen MR) is 67.3 cm³/mol. The molecule has 0 spiro atoms. The Labute approximate surface area is 103 Å². The molecule has 5 nitrogen and oxygen atoms in total. The van der Waals surface area contributed by atoms with E-state index < -0.39 is 9.84 Å². The van der Waals surface area contributed by atoms with Gasteiger partial charge in [-0.25, -0.2) is 8.42 Å². The van der Waals surface area contributed by atoms with Crippen molar-refractivity contribution in [2.45, 2.75) is 32.7 Å². The second kappa shape index (κ2) is 5.82. The van der Waals surface area contributed by atoms with Crippen LogP contribution < -0.4 is 5.73 Å². The Morgan fingerprint density at radius 2 is 2.18 bits per heavy atom. The van der Waals surface area contributed by atoms with E-state index in [1.54, 1.807) is 11.8 Å². The fourth-order valence-electron chi connectivity index (χ4n) is 2.13. The molecular weight excluding hydrogens is 240 g/mol. The Hall–Kier alpha value is -0.620. The molecular formula is C11H22N2O3S. The van der Waals surface area contributed by atoms with Crippen molar-refractivity contribution >= 4 is 15.7 Å². The van der Waals surface area contributed by atoms with E-state index in [9.17, 15) is 13.2 Å². The highest BCUT2D eigenvalue weighted by Crippen LogP contribution is 2.16. The fourth-order valence-corrected chi connectivity index (χ4v) is 3.68. The Bertz CT molecular complexity index is 363. The highest BCUT2D eigenvalue weighted by atomic mass is 32.2. The number of hydrogen-bond acceptors (Lipinski definition) is 4. The summed E-state index contributed by atoms with van der Waals surface area (Å²) in [5, 5.41) is 0. The number of carbonyl (C=O) groups excluding carboxylic acids is 1. The molecule has 0 aromatic heterocycles. The van der Waals surface area contributed by atoms with Crippen molar-refractivity contribution in [2.75, 3.05) is 24.6 Å². The van der Waals surface area contributed by atoms with E-state index in [1.165, 1.54) is 0 Å². The van der Waals surface area contributed by atoms with Crippen molar-refractivity contribution in [1.29, 1.82) is 0 Å². The Balaban J connectivity index is 2.59. The quantitative estimate of drug-likeness (QED) is 0.773. The molecule has 100 valence electrons. The van der Waals surface area contributed by atoms with Crippen LogP contribution in [0.4, 0.5) is 0 Å². The van der Waals surface area contributed by atoms with E-state index in [1.807, 2.05) is 6.92 Å². The summed E-state index contributed by atoms with van der Waals surface area (Å²) in [5.41, 5.74) is 5.57. The van der Waals surface area contributed by atoms with Crippen LogP contribution in [-0.2, 0) is 14.6 Å². The molecule has 2 atom stereocenters. The van der Waals surface area contributed by atoms with E-state index in [-0.39, 0.29) is 29.4 Å². The van der Waals surface area contributed by atoms with Crippen molar-refractivity contribution in [1.82, 2.24) is 4.90 Å². The van der Waals surface area contributed by atoms with Crippen LogP contribution in [0.15, 0.2) is 0 Å². The summed E-state index contributed by atoms with van der Waals surface area (Å²) < 4.78 is 22.8. The van der Waals surface area contributed by atoms with Gasteiger partial charge in [0.15, 0.2) is 9.84 Å². The summed E-state index contributed by atoms with van der Waals surface area (Å²) in [6.45, 7) is 4.62. The molecule has 17 heavy (non-hydrogen) atoms. The van der Waals surface area contributed by atoms with Gasteiger partial charge in [0.05, 0.1) is 11.5 Å². The van der Waals surface area contributed by atoms with E-state index in [4.69, 9.17) is 5.73 Å². The topological polar surface area (TPSA) is 80.5 Å². The molecule has 0 aliphatic carbocycles. The monoisotopic (exact) mass is 262 g/mol. The van der Waals surface area contributed by atoms with Crippen LogP contribution >= 0.6 is 0 Å². The van der Waals surface area contributed by atoms with Crippen LogP contribution in [0.3, 0.4) is 0 Å². The van der Waals surface area contributed by atoms with Gasteiger partial charge in [0.25, 0.3) is 0 Å². The van der Waals surface area contributed by atoms with Gasteiger partial charge in [-0.05, 0) is 19.4 Å². The van der Waals surface area contributed by atoms with Crippen LogP contribution in [-0.4, -0.2) is 49.9 Å². The molecule has 1 rings (SSSR count). The van der Waals surface area contributed by atoms with Gasteiger partial charge in [-0.3, -0.25) is 4.79 Å². The molecule has 0 aromatic rings. The summed E-state index contributed by atoms with van der Waals surface area (Å²) >= 11 is 0. The lowest BCUT2D eigenvalue weighted by molar-refractivity contribution is -0.133. The lowest BCUT2D eigenvalue weighted by Crippen LogP contribution is -2.50. The van der Waals surface area contributed by atoms with Gasteiger partial charge in [0, 0.05) is 19.0 Å². The van der Waals surface area contributed by atoms with Crippen molar-refractivity contribution < 1.29 is 13.2 Å². The van der Waals surface area contributed by atoms with Crippen LogP contribution in [0.5, 0.6) is 0 Å². The zero-order chi connectivity index (χ0) is 13.1. The summed E-state index contributed by atoms with van der Waals surface area (Å²) in [5.74, 6) is 0.402. The second-order valence-corrected chi connectivity index (χ2v) is 6.99. The maximum absolute atomic E-state index is 12.0. The molecule has 6 heteroatoms. The Morgan fingerprint density at radius 3 is 2.65 bits per heavy atom. The molecule has 1 aliphatic heterocycles. The third-order valence-corrected chi connectivity index (χ3v) is 5.16. The first kappa shape index (κ1) is 14.4.